The summed E-state index contributed by atoms with van der Waals surface area (Å²) in [5.74, 6) is 0. The second-order valence-electron chi connectivity index (χ2n) is 15.1. The van der Waals surface area contributed by atoms with Crippen LogP contribution in [0.5, 0.6) is 0 Å². The van der Waals surface area contributed by atoms with Crippen molar-refractivity contribution in [3.63, 3.8) is 0 Å². The van der Waals surface area contributed by atoms with Crippen LogP contribution in [0.2, 0.25) is 0 Å². The Labute approximate surface area is 361 Å². The van der Waals surface area contributed by atoms with E-state index in [0.717, 1.165) is 23.5 Å². The Morgan fingerprint density at radius 1 is 0.377 bits per heavy atom. The third kappa shape index (κ3) is 9.77. The molecule has 0 saturated carbocycles. The second-order valence-corrected chi connectivity index (χ2v) is 15.1. The lowest BCUT2D eigenvalue weighted by Gasteiger charge is -2.26. The molecule has 0 aliphatic heterocycles. The number of hydrogen-bond acceptors (Lipinski definition) is 1. The van der Waals surface area contributed by atoms with E-state index in [2.05, 4.69) is 236 Å². The van der Waals surface area contributed by atoms with Gasteiger partial charge in [0, 0.05) is 17.1 Å². The van der Waals surface area contributed by atoms with E-state index in [0.29, 0.717) is 0 Å². The Balaban J connectivity index is 0.000000458. The molecule has 61 heavy (non-hydrogen) atoms. The first-order valence-electron chi connectivity index (χ1n) is 20.9. The topological polar surface area (TPSA) is 3.24 Å². The lowest BCUT2D eigenvalue weighted by molar-refractivity contribution is 1.28. The fraction of sp³-hybridized carbons (Fsp3) is 0.0333. The average Bonchev–Trinajstić information content (AvgIpc) is 3.33. The van der Waals surface area contributed by atoms with Crippen molar-refractivity contribution in [2.45, 2.75) is 13.3 Å². The molecule has 1 heteroatoms. The molecule has 0 N–H and O–H groups in total. The van der Waals surface area contributed by atoms with Gasteiger partial charge in [-0.1, -0.05) is 206 Å². The fourth-order valence-corrected chi connectivity index (χ4v) is 7.64. The molecule has 294 valence electrons. The molecular weight excluding hydrogens is 735 g/mol. The smallest absolute Gasteiger partial charge is 0.0462 e. The van der Waals surface area contributed by atoms with Crippen molar-refractivity contribution in [2.24, 2.45) is 0 Å². The van der Waals surface area contributed by atoms with Gasteiger partial charge in [0.25, 0.3) is 0 Å². The van der Waals surface area contributed by atoms with Crippen LogP contribution in [0.15, 0.2) is 261 Å². The molecule has 0 atom stereocenters. The summed E-state index contributed by atoms with van der Waals surface area (Å²) in [4.78, 5) is 2.32. The summed E-state index contributed by atoms with van der Waals surface area (Å²) in [5, 5.41) is 5.06. The number of rotatable bonds is 7. The van der Waals surface area contributed by atoms with E-state index in [1.165, 1.54) is 71.6 Å². The summed E-state index contributed by atoms with van der Waals surface area (Å²) in [6.45, 7) is 9.03. The number of allylic oxidation sites excluding steroid dienone is 6. The summed E-state index contributed by atoms with van der Waals surface area (Å²) < 4.78 is 0. The van der Waals surface area contributed by atoms with Gasteiger partial charge in [0.05, 0.1) is 0 Å². The molecule has 10 rings (SSSR count). The molecule has 1 aliphatic rings. The van der Waals surface area contributed by atoms with Crippen LogP contribution >= 0.6 is 0 Å². The number of anilines is 3. The van der Waals surface area contributed by atoms with E-state index < -0.39 is 0 Å². The standard InChI is InChI=1S/C50H35N.C7H8.C3H6/c1-2-12-48(13-3-1)51(49-30-26-40(27-31-49)38-14-18-42(19-15-38)46-24-22-36-8-4-6-10-44(36)34-46)50-32-28-41(29-33-50)39-16-20-43(21-17-39)47-25-23-37-9-5-7-11-45(37)35-47;1-7-5-3-2-4-6-7;1-3-2/h1-35H;2-5H,1,6H2;3H,1H2,2H3. The van der Waals surface area contributed by atoms with Crippen LogP contribution < -0.4 is 4.90 Å². The quantitative estimate of drug-likeness (QED) is 0.146. The van der Waals surface area contributed by atoms with Gasteiger partial charge in [-0.25, -0.2) is 0 Å². The number of nitrogens with zero attached hydrogens (tertiary/aromatic N) is 1. The monoisotopic (exact) mass is 783 g/mol. The Morgan fingerprint density at radius 2 is 0.705 bits per heavy atom. The van der Waals surface area contributed by atoms with Crippen LogP contribution in [0.4, 0.5) is 17.1 Å². The van der Waals surface area contributed by atoms with Gasteiger partial charge in [-0.2, -0.15) is 0 Å². The van der Waals surface area contributed by atoms with Crippen molar-refractivity contribution in [1.29, 1.82) is 0 Å². The van der Waals surface area contributed by atoms with Gasteiger partial charge >= 0.3 is 0 Å². The van der Waals surface area contributed by atoms with Crippen LogP contribution in [0.1, 0.15) is 13.3 Å². The zero-order valence-corrected chi connectivity index (χ0v) is 34.7. The number of para-hydroxylation sites is 1. The molecule has 0 amide bonds. The molecule has 0 bridgehead atoms. The third-order valence-corrected chi connectivity index (χ3v) is 10.8. The van der Waals surface area contributed by atoms with Crippen molar-refractivity contribution in [2.75, 3.05) is 4.90 Å². The average molecular weight is 784 g/mol. The predicted molar refractivity (Wildman–Crippen MR) is 266 cm³/mol. The van der Waals surface area contributed by atoms with E-state index in [1.807, 2.05) is 25.2 Å². The summed E-state index contributed by atoms with van der Waals surface area (Å²) in [7, 11) is 0. The lowest BCUT2D eigenvalue weighted by Crippen LogP contribution is -2.09. The largest absolute Gasteiger partial charge is 0.311 e. The highest BCUT2D eigenvalue weighted by Crippen LogP contribution is 2.37. The molecule has 9 aromatic rings. The predicted octanol–water partition coefficient (Wildman–Crippen LogP) is 17.4. The van der Waals surface area contributed by atoms with Crippen LogP contribution in [-0.4, -0.2) is 0 Å². The Kier molecular flexibility index (Phi) is 12.7. The second kappa shape index (κ2) is 19.3. The molecule has 0 saturated heterocycles. The van der Waals surface area contributed by atoms with Gasteiger partial charge < -0.3 is 4.90 Å². The van der Waals surface area contributed by atoms with Crippen molar-refractivity contribution in [3.05, 3.63) is 261 Å². The summed E-state index contributed by atoms with van der Waals surface area (Å²) in [6.07, 6.45) is 10.9. The Hall–Kier alpha value is -7.74. The van der Waals surface area contributed by atoms with Crippen LogP contribution in [0.3, 0.4) is 0 Å². The fourth-order valence-electron chi connectivity index (χ4n) is 7.64. The van der Waals surface area contributed by atoms with Gasteiger partial charge in [0.2, 0.25) is 0 Å². The summed E-state index contributed by atoms with van der Waals surface area (Å²) in [6, 6.07) is 76.6. The zero-order valence-electron chi connectivity index (χ0n) is 34.7. The lowest BCUT2D eigenvalue weighted by atomic mass is 9.98. The summed E-state index contributed by atoms with van der Waals surface area (Å²) >= 11 is 0. The van der Waals surface area contributed by atoms with E-state index in [1.54, 1.807) is 6.08 Å². The van der Waals surface area contributed by atoms with Gasteiger partial charge in [-0.15, -0.1) is 6.58 Å². The third-order valence-electron chi connectivity index (χ3n) is 10.8. The van der Waals surface area contributed by atoms with Crippen molar-refractivity contribution >= 4 is 38.6 Å². The molecule has 0 radical (unpaired) electrons. The van der Waals surface area contributed by atoms with Crippen molar-refractivity contribution in [3.8, 4) is 44.5 Å². The minimum atomic E-state index is 1.02. The molecule has 0 spiro atoms. The van der Waals surface area contributed by atoms with Crippen LogP contribution in [-0.2, 0) is 0 Å². The highest BCUT2D eigenvalue weighted by Gasteiger charge is 2.13. The molecule has 0 aromatic heterocycles. The van der Waals surface area contributed by atoms with Crippen LogP contribution in [0.25, 0.3) is 66.1 Å². The highest BCUT2D eigenvalue weighted by molar-refractivity contribution is 5.89. The molecule has 1 aliphatic carbocycles. The van der Waals surface area contributed by atoms with Gasteiger partial charge in [0.15, 0.2) is 0 Å². The number of fused-ring (bicyclic) bond motifs is 2. The maximum Gasteiger partial charge on any atom is 0.0462 e. The molecule has 1 nitrogen and oxygen atoms in total. The molecule has 0 fully saturated rings. The first kappa shape index (κ1) is 40.1. The molecule has 9 aromatic carbocycles. The number of benzene rings is 9. The maximum atomic E-state index is 3.78. The zero-order chi connectivity index (χ0) is 41.8. The SMILES string of the molecule is C=C1C=CC=CC1.C=CC.c1ccc(N(c2ccc(-c3ccc(-c4ccc5ccccc5c4)cc3)cc2)c2ccc(-c3ccc(-c4ccc5ccccc5c4)cc3)cc2)cc1. The Bertz CT molecular complexity index is 2770. The van der Waals surface area contributed by atoms with E-state index >= 15 is 0 Å². The van der Waals surface area contributed by atoms with Gasteiger partial charge in [0.1, 0.15) is 0 Å². The van der Waals surface area contributed by atoms with Crippen LogP contribution in [0, 0.1) is 0 Å². The minimum Gasteiger partial charge on any atom is -0.311 e. The van der Waals surface area contributed by atoms with E-state index in [9.17, 15) is 0 Å². The maximum absolute atomic E-state index is 3.78. The normalized spacial score (nSPS) is 11.6. The van der Waals surface area contributed by atoms with Gasteiger partial charge in [-0.05, 0) is 128 Å². The van der Waals surface area contributed by atoms with Crippen molar-refractivity contribution in [1.82, 2.24) is 0 Å². The summed E-state index contributed by atoms with van der Waals surface area (Å²) in [5.41, 5.74) is 14.3. The first-order valence-corrected chi connectivity index (χ1v) is 20.9. The molecule has 0 heterocycles. The molecule has 0 unspecified atom stereocenters. The molecular formula is C60H49N. The van der Waals surface area contributed by atoms with E-state index in [4.69, 9.17) is 0 Å². The minimum absolute atomic E-state index is 1.02. The number of hydrogen-bond donors (Lipinski definition) is 0. The van der Waals surface area contributed by atoms with E-state index in [-0.39, 0.29) is 0 Å². The Morgan fingerprint density at radius 3 is 1.07 bits per heavy atom. The first-order chi connectivity index (χ1) is 30.1. The van der Waals surface area contributed by atoms with Gasteiger partial charge in [-0.3, -0.25) is 0 Å². The highest BCUT2D eigenvalue weighted by atomic mass is 15.1. The van der Waals surface area contributed by atoms with Crippen molar-refractivity contribution < 1.29 is 0 Å².